The molecule has 0 unspecified atom stereocenters. The van der Waals surface area contributed by atoms with E-state index in [1.54, 1.807) is 6.92 Å². The quantitative estimate of drug-likeness (QED) is 0.859. The van der Waals surface area contributed by atoms with Gasteiger partial charge in [-0.2, -0.15) is 0 Å². The van der Waals surface area contributed by atoms with E-state index < -0.39 is 16.0 Å². The van der Waals surface area contributed by atoms with Crippen LogP contribution in [0.4, 0.5) is 0 Å². The van der Waals surface area contributed by atoms with Crippen LogP contribution in [0, 0.1) is 6.92 Å². The molecule has 0 atom stereocenters. The monoisotopic (exact) mass is 302 g/mol. The van der Waals surface area contributed by atoms with Gasteiger partial charge in [0.15, 0.2) is 5.76 Å². The van der Waals surface area contributed by atoms with Crippen LogP contribution >= 0.6 is 11.3 Å². The molecule has 2 aromatic rings. The van der Waals surface area contributed by atoms with Gasteiger partial charge < -0.3 is 9.63 Å². The molecule has 9 heteroatoms. The summed E-state index contributed by atoms with van der Waals surface area (Å²) in [5.74, 6) is -0.769. The lowest BCUT2D eigenvalue weighted by Gasteiger charge is -2.01. The SMILES string of the molecule is Cc1cc(S(=O)(=O)NCc2ccno2)sc1C(=O)O. The number of carboxylic acid groups (broad SMARTS) is 1. The van der Waals surface area contributed by atoms with Crippen LogP contribution in [0.1, 0.15) is 21.0 Å². The molecule has 0 saturated heterocycles. The van der Waals surface area contributed by atoms with Crippen molar-refractivity contribution in [2.75, 3.05) is 0 Å². The smallest absolute Gasteiger partial charge is 0.346 e. The third-order valence-corrected chi connectivity index (χ3v) is 5.38. The molecule has 0 aliphatic rings. The summed E-state index contributed by atoms with van der Waals surface area (Å²) in [4.78, 5) is 10.9. The van der Waals surface area contributed by atoms with Crippen LogP contribution in [0.25, 0.3) is 0 Å². The molecule has 0 fully saturated rings. The van der Waals surface area contributed by atoms with Crippen molar-refractivity contribution in [2.45, 2.75) is 17.7 Å². The van der Waals surface area contributed by atoms with Crippen molar-refractivity contribution in [3.05, 3.63) is 34.5 Å². The van der Waals surface area contributed by atoms with E-state index in [0.717, 1.165) is 0 Å². The summed E-state index contributed by atoms with van der Waals surface area (Å²) in [6.07, 6.45) is 1.40. The fraction of sp³-hybridized carbons (Fsp3) is 0.200. The van der Waals surface area contributed by atoms with Gasteiger partial charge >= 0.3 is 5.97 Å². The molecule has 0 aromatic carbocycles. The average Bonchev–Trinajstić information content (AvgIpc) is 2.95. The summed E-state index contributed by atoms with van der Waals surface area (Å²) in [5.41, 5.74) is 0.414. The normalized spacial score (nSPS) is 11.6. The molecule has 0 spiro atoms. The first-order chi connectivity index (χ1) is 8.90. The highest BCUT2D eigenvalue weighted by Gasteiger charge is 2.21. The fourth-order valence-electron chi connectivity index (χ4n) is 1.37. The first-order valence-corrected chi connectivity index (χ1v) is 7.43. The zero-order valence-electron chi connectivity index (χ0n) is 9.78. The largest absolute Gasteiger partial charge is 0.477 e. The molecule has 0 amide bonds. The number of aryl methyl sites for hydroxylation is 1. The minimum atomic E-state index is -3.75. The van der Waals surface area contributed by atoms with Crippen LogP contribution in [0.5, 0.6) is 0 Å². The molecule has 0 saturated carbocycles. The van der Waals surface area contributed by atoms with Gasteiger partial charge in [0.2, 0.25) is 10.0 Å². The van der Waals surface area contributed by atoms with E-state index >= 15 is 0 Å². The summed E-state index contributed by atoms with van der Waals surface area (Å²) >= 11 is 0.716. The Bertz CT molecular complexity index is 688. The van der Waals surface area contributed by atoms with Gasteiger partial charge in [-0.3, -0.25) is 0 Å². The number of sulfonamides is 1. The second kappa shape index (κ2) is 5.11. The van der Waals surface area contributed by atoms with Crippen molar-refractivity contribution in [1.82, 2.24) is 9.88 Å². The first kappa shape index (κ1) is 13.7. The first-order valence-electron chi connectivity index (χ1n) is 5.13. The van der Waals surface area contributed by atoms with Crippen LogP contribution < -0.4 is 4.72 Å². The third kappa shape index (κ3) is 3.00. The standard InChI is InChI=1S/C10H10N2O5S2/c1-6-4-8(18-9(6)10(13)14)19(15,16)12-5-7-2-3-11-17-7/h2-4,12H,5H2,1H3,(H,13,14). The highest BCUT2D eigenvalue weighted by molar-refractivity contribution is 7.91. The molecule has 0 bridgehead atoms. The van der Waals surface area contributed by atoms with E-state index in [1.165, 1.54) is 18.3 Å². The molecule has 0 aliphatic carbocycles. The Kier molecular flexibility index (Phi) is 3.69. The van der Waals surface area contributed by atoms with E-state index in [0.29, 0.717) is 22.7 Å². The lowest BCUT2D eigenvalue weighted by Crippen LogP contribution is -2.22. The maximum Gasteiger partial charge on any atom is 0.346 e. The summed E-state index contributed by atoms with van der Waals surface area (Å²) in [5, 5.41) is 12.3. The number of hydrogen-bond acceptors (Lipinski definition) is 6. The third-order valence-electron chi connectivity index (χ3n) is 2.28. The molecular weight excluding hydrogens is 292 g/mol. The van der Waals surface area contributed by atoms with Crippen molar-refractivity contribution in [2.24, 2.45) is 0 Å². The highest BCUT2D eigenvalue weighted by Crippen LogP contribution is 2.25. The second-order valence-electron chi connectivity index (χ2n) is 3.69. The van der Waals surface area contributed by atoms with Crippen molar-refractivity contribution >= 4 is 27.3 Å². The molecule has 2 N–H and O–H groups in total. The molecule has 2 heterocycles. The molecule has 2 rings (SSSR count). The Morgan fingerprint density at radius 2 is 2.32 bits per heavy atom. The molecule has 2 aromatic heterocycles. The number of thiophene rings is 1. The molecule has 102 valence electrons. The predicted octanol–water partition coefficient (Wildman–Crippen LogP) is 1.22. The van der Waals surface area contributed by atoms with E-state index in [9.17, 15) is 13.2 Å². The maximum atomic E-state index is 12.0. The van der Waals surface area contributed by atoms with Crippen molar-refractivity contribution in [3.8, 4) is 0 Å². The maximum absolute atomic E-state index is 12.0. The zero-order chi connectivity index (χ0) is 14.0. The van der Waals surface area contributed by atoms with E-state index in [4.69, 9.17) is 9.63 Å². The summed E-state index contributed by atoms with van der Waals surface area (Å²) in [6, 6.07) is 2.86. The Morgan fingerprint density at radius 1 is 1.58 bits per heavy atom. The van der Waals surface area contributed by atoms with Gasteiger partial charge in [0.05, 0.1) is 12.7 Å². The van der Waals surface area contributed by atoms with Crippen molar-refractivity contribution in [1.29, 1.82) is 0 Å². The van der Waals surface area contributed by atoms with E-state index in [-0.39, 0.29) is 15.6 Å². The summed E-state index contributed by atoms with van der Waals surface area (Å²) in [6.45, 7) is 1.51. The molecular formula is C10H10N2O5S2. The summed E-state index contributed by atoms with van der Waals surface area (Å²) in [7, 11) is -3.75. The van der Waals surface area contributed by atoms with Crippen LogP contribution in [0.3, 0.4) is 0 Å². The number of rotatable bonds is 5. The number of aromatic nitrogens is 1. The van der Waals surface area contributed by atoms with Crippen LogP contribution in [-0.4, -0.2) is 24.7 Å². The molecule has 0 aliphatic heterocycles. The van der Waals surface area contributed by atoms with Crippen molar-refractivity contribution < 1.29 is 22.8 Å². The molecule has 7 nitrogen and oxygen atoms in total. The van der Waals surface area contributed by atoms with Gasteiger partial charge in [0, 0.05) is 6.07 Å². The highest BCUT2D eigenvalue weighted by atomic mass is 32.2. The molecule has 0 radical (unpaired) electrons. The van der Waals surface area contributed by atoms with Crippen LogP contribution in [0.2, 0.25) is 0 Å². The van der Waals surface area contributed by atoms with Gasteiger partial charge in [0.25, 0.3) is 0 Å². The predicted molar refractivity (Wildman–Crippen MR) is 66.5 cm³/mol. The number of nitrogens with one attached hydrogen (secondary N) is 1. The number of nitrogens with zero attached hydrogens (tertiary/aromatic N) is 1. The van der Waals surface area contributed by atoms with Crippen molar-refractivity contribution in [3.63, 3.8) is 0 Å². The second-order valence-corrected chi connectivity index (χ2v) is 6.73. The van der Waals surface area contributed by atoms with E-state index in [2.05, 4.69) is 9.88 Å². The van der Waals surface area contributed by atoms with Gasteiger partial charge in [-0.25, -0.2) is 17.9 Å². The van der Waals surface area contributed by atoms with Gasteiger partial charge in [-0.1, -0.05) is 5.16 Å². The van der Waals surface area contributed by atoms with Crippen LogP contribution in [-0.2, 0) is 16.6 Å². The Balaban J connectivity index is 2.20. The number of aromatic carboxylic acids is 1. The average molecular weight is 302 g/mol. The topological polar surface area (TPSA) is 110 Å². The van der Waals surface area contributed by atoms with Gasteiger partial charge in [-0.05, 0) is 18.6 Å². The number of carboxylic acids is 1. The Labute approximate surface area is 112 Å². The number of hydrogen-bond donors (Lipinski definition) is 2. The van der Waals surface area contributed by atoms with Gasteiger partial charge in [-0.15, -0.1) is 11.3 Å². The van der Waals surface area contributed by atoms with E-state index in [1.807, 2.05) is 0 Å². The van der Waals surface area contributed by atoms with Crippen LogP contribution in [0.15, 0.2) is 27.1 Å². The lowest BCUT2D eigenvalue weighted by atomic mass is 10.3. The number of carbonyl (C=O) groups is 1. The summed E-state index contributed by atoms with van der Waals surface area (Å²) < 4.78 is 31.0. The lowest BCUT2D eigenvalue weighted by molar-refractivity contribution is 0.0701. The molecule has 19 heavy (non-hydrogen) atoms. The fourth-order valence-corrected chi connectivity index (χ4v) is 3.78. The zero-order valence-corrected chi connectivity index (χ0v) is 11.4. The minimum absolute atomic E-state index is 0.0139. The minimum Gasteiger partial charge on any atom is -0.477 e. The van der Waals surface area contributed by atoms with Gasteiger partial charge in [0.1, 0.15) is 9.09 Å². The Morgan fingerprint density at radius 3 is 2.84 bits per heavy atom. The Hall–Kier alpha value is -1.71.